The molecule has 1 N–H and O–H groups in total. The lowest BCUT2D eigenvalue weighted by atomic mass is 10.2. The molecule has 0 aromatic rings. The fourth-order valence-electron chi connectivity index (χ4n) is 1.70. The summed E-state index contributed by atoms with van der Waals surface area (Å²) in [7, 11) is 0. The quantitative estimate of drug-likeness (QED) is 0.832. The molecule has 94 valence electrons. The van der Waals surface area contributed by atoms with Gasteiger partial charge in [-0.2, -0.15) is 13.2 Å². The maximum Gasteiger partial charge on any atom is 0.441 e. The Labute approximate surface area is 96.7 Å². The monoisotopic (exact) mass is 256 g/mol. The minimum absolute atomic E-state index is 0.0883. The van der Waals surface area contributed by atoms with Gasteiger partial charge in [0.05, 0.1) is 12.2 Å². The molecule has 1 saturated heterocycles. The lowest BCUT2D eigenvalue weighted by Gasteiger charge is -2.20. The average molecular weight is 256 g/mol. The highest BCUT2D eigenvalue weighted by Crippen LogP contribution is 2.30. The van der Waals surface area contributed by atoms with E-state index in [0.29, 0.717) is 6.42 Å². The Kier molecular flexibility index (Phi) is 4.49. The summed E-state index contributed by atoms with van der Waals surface area (Å²) in [6.07, 6.45) is 0.484. The van der Waals surface area contributed by atoms with Crippen molar-refractivity contribution in [2.75, 3.05) is 12.3 Å². The first-order valence-electron chi connectivity index (χ1n) is 5.12. The van der Waals surface area contributed by atoms with Crippen LogP contribution in [0.15, 0.2) is 0 Å². The van der Waals surface area contributed by atoms with Gasteiger partial charge < -0.3 is 4.90 Å². The highest BCUT2D eigenvalue weighted by atomic mass is 32.2. The molecule has 0 saturated carbocycles. The van der Waals surface area contributed by atoms with Gasteiger partial charge in [0, 0.05) is 12.3 Å². The molecule has 1 aliphatic heterocycles. The van der Waals surface area contributed by atoms with Gasteiger partial charge >= 0.3 is 5.51 Å². The molecule has 0 bridgehead atoms. The van der Waals surface area contributed by atoms with Crippen LogP contribution in [0.2, 0.25) is 0 Å². The second-order valence-electron chi connectivity index (χ2n) is 3.63. The molecule has 7 heteroatoms. The predicted molar refractivity (Wildman–Crippen MR) is 56.9 cm³/mol. The van der Waals surface area contributed by atoms with Crippen molar-refractivity contribution in [3.63, 3.8) is 0 Å². The first kappa shape index (κ1) is 13.6. The molecule has 16 heavy (non-hydrogen) atoms. The minimum atomic E-state index is -4.22. The third-order valence-electron chi connectivity index (χ3n) is 2.50. The van der Waals surface area contributed by atoms with Crippen LogP contribution in [0.25, 0.3) is 0 Å². The predicted octanol–water partition coefficient (Wildman–Crippen LogP) is 1.80. The van der Waals surface area contributed by atoms with E-state index >= 15 is 0 Å². The van der Waals surface area contributed by atoms with Crippen molar-refractivity contribution in [2.24, 2.45) is 0 Å². The molecule has 2 unspecified atom stereocenters. The third-order valence-corrected chi connectivity index (χ3v) is 3.21. The zero-order chi connectivity index (χ0) is 12.3. The van der Waals surface area contributed by atoms with Gasteiger partial charge in [0.1, 0.15) is 0 Å². The van der Waals surface area contributed by atoms with E-state index in [1.54, 1.807) is 6.92 Å². The Morgan fingerprint density at radius 2 is 2.12 bits per heavy atom. The van der Waals surface area contributed by atoms with Crippen molar-refractivity contribution in [2.45, 2.75) is 38.0 Å². The Bertz CT molecular complexity index is 260. The summed E-state index contributed by atoms with van der Waals surface area (Å²) in [4.78, 5) is 13.1. The second-order valence-corrected chi connectivity index (χ2v) is 4.79. The van der Waals surface area contributed by atoms with E-state index in [1.807, 2.05) is 6.92 Å². The van der Waals surface area contributed by atoms with Crippen LogP contribution in [0, 0.1) is 0 Å². The Morgan fingerprint density at radius 3 is 2.56 bits per heavy atom. The van der Waals surface area contributed by atoms with E-state index in [-0.39, 0.29) is 42.2 Å². The van der Waals surface area contributed by atoms with Crippen LogP contribution in [-0.4, -0.2) is 40.8 Å². The second kappa shape index (κ2) is 5.27. The van der Waals surface area contributed by atoms with Crippen molar-refractivity contribution in [1.29, 1.82) is 0 Å². The van der Waals surface area contributed by atoms with Crippen molar-refractivity contribution >= 4 is 17.7 Å². The number of nitrogens with one attached hydrogen (secondary N) is 1. The largest absolute Gasteiger partial charge is 0.441 e. The molecule has 2 atom stereocenters. The first-order chi connectivity index (χ1) is 7.35. The fourth-order valence-corrected chi connectivity index (χ4v) is 2.22. The molecule has 0 aromatic heterocycles. The Hall–Kier alpha value is -0.430. The molecule has 1 aliphatic rings. The highest BCUT2D eigenvalue weighted by Gasteiger charge is 2.36. The molecule has 1 amide bonds. The summed E-state index contributed by atoms with van der Waals surface area (Å²) in [5.41, 5.74) is -4.22. The average Bonchev–Trinajstić information content (AvgIpc) is 2.42. The molecule has 0 spiro atoms. The number of carbonyl (C=O) groups is 1. The first-order valence-corrected chi connectivity index (χ1v) is 6.11. The number of halogens is 3. The summed E-state index contributed by atoms with van der Waals surface area (Å²) in [6.45, 7) is 3.79. The zero-order valence-electron chi connectivity index (χ0n) is 9.17. The van der Waals surface area contributed by atoms with Crippen molar-refractivity contribution in [3.05, 3.63) is 0 Å². The SMILES string of the molecule is CCC1NC(C)N(CCSC(F)(F)F)C1=O. The molecule has 0 aromatic carbocycles. The van der Waals surface area contributed by atoms with Crippen molar-refractivity contribution in [3.8, 4) is 0 Å². The molecule has 1 heterocycles. The maximum absolute atomic E-state index is 11.9. The number of hydrogen-bond acceptors (Lipinski definition) is 3. The van der Waals surface area contributed by atoms with E-state index in [0.717, 1.165) is 0 Å². The van der Waals surface area contributed by atoms with Gasteiger partial charge in [-0.05, 0) is 25.1 Å². The standard InChI is InChI=1S/C9H15F3N2OS/c1-3-7-8(15)14(6(2)13-7)4-5-16-9(10,11)12/h6-7,13H,3-5H2,1-2H3. The van der Waals surface area contributed by atoms with Gasteiger partial charge in [-0.15, -0.1) is 0 Å². The smallest absolute Gasteiger partial charge is 0.325 e. The van der Waals surface area contributed by atoms with Gasteiger partial charge in [-0.3, -0.25) is 10.1 Å². The van der Waals surface area contributed by atoms with Gasteiger partial charge in [0.25, 0.3) is 0 Å². The minimum Gasteiger partial charge on any atom is -0.325 e. The third kappa shape index (κ3) is 3.55. The molecule has 0 radical (unpaired) electrons. The molecule has 1 fully saturated rings. The lowest BCUT2D eigenvalue weighted by molar-refractivity contribution is -0.129. The molecular formula is C9H15F3N2OS. The van der Waals surface area contributed by atoms with E-state index < -0.39 is 5.51 Å². The topological polar surface area (TPSA) is 32.3 Å². The van der Waals surface area contributed by atoms with Crippen LogP contribution in [0.4, 0.5) is 13.2 Å². The number of carbonyl (C=O) groups excluding carboxylic acids is 1. The van der Waals surface area contributed by atoms with E-state index in [2.05, 4.69) is 5.32 Å². The van der Waals surface area contributed by atoms with Crippen molar-refractivity contribution in [1.82, 2.24) is 10.2 Å². The zero-order valence-corrected chi connectivity index (χ0v) is 9.99. The van der Waals surface area contributed by atoms with Crippen LogP contribution in [0.5, 0.6) is 0 Å². The highest BCUT2D eigenvalue weighted by molar-refractivity contribution is 8.00. The van der Waals surface area contributed by atoms with Crippen LogP contribution >= 0.6 is 11.8 Å². The van der Waals surface area contributed by atoms with Crippen LogP contribution in [0.3, 0.4) is 0 Å². The summed E-state index contributed by atoms with van der Waals surface area (Å²) < 4.78 is 35.7. The fraction of sp³-hybridized carbons (Fsp3) is 0.889. The summed E-state index contributed by atoms with van der Waals surface area (Å²) in [5, 5.41) is 3.04. The molecule has 3 nitrogen and oxygen atoms in total. The van der Waals surface area contributed by atoms with Crippen LogP contribution in [-0.2, 0) is 4.79 Å². The Balaban J connectivity index is 2.40. The van der Waals surface area contributed by atoms with Gasteiger partial charge in [-0.1, -0.05) is 6.92 Å². The number of amides is 1. The number of thioether (sulfide) groups is 1. The van der Waals surface area contributed by atoms with Crippen LogP contribution < -0.4 is 5.32 Å². The number of rotatable bonds is 4. The normalized spacial score (nSPS) is 26.6. The maximum atomic E-state index is 11.9. The van der Waals surface area contributed by atoms with E-state index in [9.17, 15) is 18.0 Å². The van der Waals surface area contributed by atoms with Gasteiger partial charge in [0.2, 0.25) is 5.91 Å². The summed E-state index contributed by atoms with van der Waals surface area (Å²) in [5.74, 6) is -0.213. The molecular weight excluding hydrogens is 241 g/mol. The van der Waals surface area contributed by atoms with Gasteiger partial charge in [-0.25, -0.2) is 0 Å². The Morgan fingerprint density at radius 1 is 1.50 bits per heavy atom. The summed E-state index contributed by atoms with van der Waals surface area (Å²) >= 11 is -0.0883. The van der Waals surface area contributed by atoms with E-state index in [4.69, 9.17) is 0 Å². The molecule has 1 rings (SSSR count). The number of alkyl halides is 3. The number of hydrogen-bond donors (Lipinski definition) is 1. The van der Waals surface area contributed by atoms with Crippen LogP contribution in [0.1, 0.15) is 20.3 Å². The molecule has 0 aliphatic carbocycles. The van der Waals surface area contributed by atoms with Gasteiger partial charge in [0.15, 0.2) is 0 Å². The number of nitrogens with zero attached hydrogens (tertiary/aromatic N) is 1. The lowest BCUT2D eigenvalue weighted by Crippen LogP contribution is -2.36. The summed E-state index contributed by atoms with van der Waals surface area (Å²) in [6, 6.07) is -0.245. The van der Waals surface area contributed by atoms with Crippen molar-refractivity contribution < 1.29 is 18.0 Å². The van der Waals surface area contributed by atoms with E-state index in [1.165, 1.54) is 4.90 Å².